The van der Waals surface area contributed by atoms with Gasteiger partial charge in [-0.05, 0) is 30.4 Å². The molecule has 1 fully saturated rings. The molecule has 2 unspecified atom stereocenters. The molecule has 112 valence electrons. The van der Waals surface area contributed by atoms with Crippen LogP contribution in [0.1, 0.15) is 30.2 Å². The van der Waals surface area contributed by atoms with Gasteiger partial charge in [-0.2, -0.15) is 0 Å². The van der Waals surface area contributed by atoms with Crippen molar-refractivity contribution >= 4 is 27.3 Å². The second-order valence-electron chi connectivity index (χ2n) is 5.35. The quantitative estimate of drug-likeness (QED) is 0.893. The highest BCUT2D eigenvalue weighted by Crippen LogP contribution is 2.29. The number of fused-ring (bicyclic) bond motifs is 1. The van der Waals surface area contributed by atoms with Gasteiger partial charge in [0.15, 0.2) is 0 Å². The van der Waals surface area contributed by atoms with Crippen LogP contribution in [0.25, 0.3) is 10.1 Å². The van der Waals surface area contributed by atoms with Crippen LogP contribution in [-0.4, -0.2) is 30.3 Å². The Kier molecular flexibility index (Phi) is 4.53. The minimum atomic E-state index is -0.657. The average molecular weight is 305 g/mol. The average Bonchev–Trinajstić information content (AvgIpc) is 3.13. The van der Waals surface area contributed by atoms with Gasteiger partial charge in [0.05, 0.1) is 12.5 Å². The zero-order chi connectivity index (χ0) is 14.7. The van der Waals surface area contributed by atoms with Crippen molar-refractivity contribution in [2.75, 3.05) is 13.2 Å². The molecule has 1 aliphatic heterocycles. The van der Waals surface area contributed by atoms with E-state index in [0.717, 1.165) is 34.4 Å². The molecule has 1 amide bonds. The Labute approximate surface area is 127 Å². The number of nitrogens with one attached hydrogen (secondary N) is 1. The fourth-order valence-electron chi connectivity index (χ4n) is 2.56. The maximum absolute atomic E-state index is 11.8. The molecule has 0 saturated carbocycles. The summed E-state index contributed by atoms with van der Waals surface area (Å²) in [6, 6.07) is 10.0. The van der Waals surface area contributed by atoms with Gasteiger partial charge in [0.1, 0.15) is 6.10 Å². The fraction of sp³-hybridized carbons (Fsp3) is 0.438. The fourth-order valence-corrected chi connectivity index (χ4v) is 3.61. The van der Waals surface area contributed by atoms with Crippen LogP contribution in [0.5, 0.6) is 0 Å². The Morgan fingerprint density at radius 2 is 2.33 bits per heavy atom. The Morgan fingerprint density at radius 3 is 3.10 bits per heavy atom. The lowest BCUT2D eigenvalue weighted by Gasteiger charge is -2.12. The minimum Gasteiger partial charge on any atom is -0.386 e. The largest absolute Gasteiger partial charge is 0.386 e. The number of thiophene rings is 1. The van der Waals surface area contributed by atoms with Crippen LogP contribution in [0, 0.1) is 0 Å². The van der Waals surface area contributed by atoms with Crippen LogP contribution >= 0.6 is 11.3 Å². The summed E-state index contributed by atoms with van der Waals surface area (Å²) in [6.45, 7) is 1.00. The molecule has 1 aliphatic rings. The van der Waals surface area contributed by atoms with E-state index in [1.54, 1.807) is 11.3 Å². The van der Waals surface area contributed by atoms with E-state index < -0.39 is 6.10 Å². The number of hydrogen-bond acceptors (Lipinski definition) is 4. The smallest absolute Gasteiger partial charge is 0.222 e. The van der Waals surface area contributed by atoms with Crippen LogP contribution in [0.3, 0.4) is 0 Å². The summed E-state index contributed by atoms with van der Waals surface area (Å²) in [7, 11) is 0. The molecule has 4 nitrogen and oxygen atoms in total. The number of carbonyl (C=O) groups excluding carboxylic acids is 1. The third kappa shape index (κ3) is 3.61. The molecule has 0 aliphatic carbocycles. The first-order valence-corrected chi connectivity index (χ1v) is 8.09. The molecule has 5 heteroatoms. The summed E-state index contributed by atoms with van der Waals surface area (Å²) < 4.78 is 6.58. The van der Waals surface area contributed by atoms with Gasteiger partial charge in [-0.15, -0.1) is 11.3 Å². The van der Waals surface area contributed by atoms with Gasteiger partial charge in [-0.1, -0.05) is 18.2 Å². The summed E-state index contributed by atoms with van der Waals surface area (Å²) in [5.41, 5.74) is 0. The summed E-state index contributed by atoms with van der Waals surface area (Å²) in [5, 5.41) is 14.1. The highest BCUT2D eigenvalue weighted by molar-refractivity contribution is 7.19. The third-order valence-electron chi connectivity index (χ3n) is 3.70. The predicted octanol–water partition coefficient (Wildman–Crippen LogP) is 2.62. The molecular formula is C16H19NO3S. The second kappa shape index (κ2) is 6.56. The van der Waals surface area contributed by atoms with Gasteiger partial charge in [0, 0.05) is 22.7 Å². The van der Waals surface area contributed by atoms with E-state index in [-0.39, 0.29) is 18.6 Å². The van der Waals surface area contributed by atoms with Gasteiger partial charge in [-0.25, -0.2) is 0 Å². The van der Waals surface area contributed by atoms with Crippen molar-refractivity contribution in [1.82, 2.24) is 5.32 Å². The van der Waals surface area contributed by atoms with E-state index in [0.29, 0.717) is 6.42 Å². The van der Waals surface area contributed by atoms with Crippen molar-refractivity contribution in [2.24, 2.45) is 0 Å². The number of amides is 1. The first-order chi connectivity index (χ1) is 10.2. The van der Waals surface area contributed by atoms with Crippen LogP contribution in [-0.2, 0) is 9.53 Å². The van der Waals surface area contributed by atoms with E-state index >= 15 is 0 Å². The third-order valence-corrected chi connectivity index (χ3v) is 4.92. The topological polar surface area (TPSA) is 58.6 Å². The van der Waals surface area contributed by atoms with Gasteiger partial charge in [0.2, 0.25) is 5.91 Å². The Bertz CT molecular complexity index is 586. The lowest BCUT2D eigenvalue weighted by atomic mass is 10.1. The molecule has 0 bridgehead atoms. The molecule has 1 aromatic carbocycles. The van der Waals surface area contributed by atoms with Crippen molar-refractivity contribution in [3.63, 3.8) is 0 Å². The number of carbonyl (C=O) groups is 1. The molecule has 2 aromatic rings. The molecule has 21 heavy (non-hydrogen) atoms. The minimum absolute atomic E-state index is 0.0477. The van der Waals surface area contributed by atoms with Gasteiger partial charge in [0.25, 0.3) is 0 Å². The van der Waals surface area contributed by atoms with E-state index in [1.807, 2.05) is 30.3 Å². The number of aliphatic hydroxyl groups excluding tert-OH is 1. The van der Waals surface area contributed by atoms with Crippen LogP contribution in [0.15, 0.2) is 30.3 Å². The molecular weight excluding hydrogens is 286 g/mol. The molecule has 0 spiro atoms. The maximum atomic E-state index is 11.8. The van der Waals surface area contributed by atoms with E-state index in [2.05, 4.69) is 5.32 Å². The standard InChI is InChI=1S/C16H19NO3S/c18-13(10-17-16(19)9-12-5-3-7-20-12)15-8-11-4-1-2-6-14(11)21-15/h1-2,4,6,8,12-13,18H,3,5,7,9-10H2,(H,17,19). The van der Waals surface area contributed by atoms with Crippen LogP contribution in [0.4, 0.5) is 0 Å². The summed E-state index contributed by atoms with van der Waals surface area (Å²) in [6.07, 6.45) is 1.76. The van der Waals surface area contributed by atoms with Gasteiger partial charge >= 0.3 is 0 Å². The predicted molar refractivity (Wildman–Crippen MR) is 83.4 cm³/mol. The molecule has 3 rings (SSSR count). The normalized spacial score (nSPS) is 19.8. The lowest BCUT2D eigenvalue weighted by Crippen LogP contribution is -2.30. The summed E-state index contributed by atoms with van der Waals surface area (Å²) in [5.74, 6) is -0.0536. The highest BCUT2D eigenvalue weighted by Gasteiger charge is 2.20. The number of rotatable bonds is 5. The molecule has 1 saturated heterocycles. The number of benzene rings is 1. The zero-order valence-electron chi connectivity index (χ0n) is 11.7. The monoisotopic (exact) mass is 305 g/mol. The molecule has 2 N–H and O–H groups in total. The molecule has 0 radical (unpaired) electrons. The van der Waals surface area contributed by atoms with Crippen molar-refractivity contribution in [1.29, 1.82) is 0 Å². The SMILES string of the molecule is O=C(CC1CCCO1)NCC(O)c1cc2ccccc2s1. The number of ether oxygens (including phenoxy) is 1. The van der Waals surface area contributed by atoms with Crippen molar-refractivity contribution in [2.45, 2.75) is 31.5 Å². The maximum Gasteiger partial charge on any atom is 0.222 e. The molecule has 1 aromatic heterocycles. The lowest BCUT2D eigenvalue weighted by molar-refractivity contribution is -0.123. The Hall–Kier alpha value is -1.43. The Balaban J connectivity index is 1.53. The van der Waals surface area contributed by atoms with Crippen molar-refractivity contribution in [3.8, 4) is 0 Å². The molecule has 2 atom stereocenters. The zero-order valence-corrected chi connectivity index (χ0v) is 12.6. The van der Waals surface area contributed by atoms with Gasteiger partial charge in [-0.3, -0.25) is 4.79 Å². The van der Waals surface area contributed by atoms with Crippen molar-refractivity contribution < 1.29 is 14.6 Å². The van der Waals surface area contributed by atoms with Crippen LogP contribution in [0.2, 0.25) is 0 Å². The van der Waals surface area contributed by atoms with E-state index in [4.69, 9.17) is 4.74 Å². The second-order valence-corrected chi connectivity index (χ2v) is 6.46. The first-order valence-electron chi connectivity index (χ1n) is 7.27. The first kappa shape index (κ1) is 14.5. The summed E-state index contributed by atoms with van der Waals surface area (Å²) in [4.78, 5) is 12.7. The summed E-state index contributed by atoms with van der Waals surface area (Å²) >= 11 is 1.56. The molecule has 2 heterocycles. The van der Waals surface area contributed by atoms with Crippen molar-refractivity contribution in [3.05, 3.63) is 35.2 Å². The van der Waals surface area contributed by atoms with E-state index in [1.165, 1.54) is 0 Å². The van der Waals surface area contributed by atoms with E-state index in [9.17, 15) is 9.90 Å². The van der Waals surface area contributed by atoms with Gasteiger partial charge < -0.3 is 15.2 Å². The van der Waals surface area contributed by atoms with Crippen LogP contribution < -0.4 is 5.32 Å². The number of hydrogen-bond donors (Lipinski definition) is 2. The Morgan fingerprint density at radius 1 is 1.48 bits per heavy atom. The highest BCUT2D eigenvalue weighted by atomic mass is 32.1. The number of aliphatic hydroxyl groups is 1.